The van der Waals surface area contributed by atoms with Crippen LogP contribution in [-0.4, -0.2) is 50.0 Å². The first-order valence-corrected chi connectivity index (χ1v) is 15.8. The third kappa shape index (κ3) is 9.30. The highest BCUT2D eigenvalue weighted by molar-refractivity contribution is 7.92. The van der Waals surface area contributed by atoms with Gasteiger partial charge >= 0.3 is 0 Å². The first-order chi connectivity index (χ1) is 19.5. The normalized spacial score (nSPS) is 12.8. The third-order valence-corrected chi connectivity index (χ3v) is 8.39. The van der Waals surface area contributed by atoms with Crippen LogP contribution in [0.25, 0.3) is 0 Å². The second-order valence-corrected chi connectivity index (χ2v) is 12.3. The van der Waals surface area contributed by atoms with Gasteiger partial charge in [0.1, 0.15) is 11.9 Å². The molecule has 0 aliphatic carbocycles. The predicted molar refractivity (Wildman–Crippen MR) is 162 cm³/mol. The molecule has 0 unspecified atom stereocenters. The van der Waals surface area contributed by atoms with E-state index in [1.54, 1.807) is 24.3 Å². The van der Waals surface area contributed by atoms with Crippen molar-refractivity contribution in [3.05, 3.63) is 101 Å². The quantitative estimate of drug-likeness (QED) is 0.261. The number of carbonyl (C=O) groups excluding carboxylic acids is 2. The average Bonchev–Trinajstić information content (AvgIpc) is 2.94. The van der Waals surface area contributed by atoms with Crippen molar-refractivity contribution in [1.29, 1.82) is 0 Å². The standard InChI is InChI=1S/C31H37ClFN3O4S/c1-4-23(2)34-31(38)29(21-24-13-6-5-7-14-24)35(22-25-15-8-9-16-26(25)32)30(37)19-12-20-36(41(3,39)40)28-18-11-10-17-27(28)33/h5-11,13-18,23,29H,4,12,19-22H2,1-3H3,(H,34,38)/t23-,29+/m1/s1. The van der Waals surface area contributed by atoms with Crippen molar-refractivity contribution >= 4 is 39.1 Å². The maximum absolute atomic E-state index is 14.5. The summed E-state index contributed by atoms with van der Waals surface area (Å²) in [5.74, 6) is -1.30. The average molecular weight is 602 g/mol. The van der Waals surface area contributed by atoms with Gasteiger partial charge in [-0.2, -0.15) is 0 Å². The summed E-state index contributed by atoms with van der Waals surface area (Å²) in [4.78, 5) is 29.0. The summed E-state index contributed by atoms with van der Waals surface area (Å²) in [6, 6.07) is 21.2. The molecular weight excluding hydrogens is 565 g/mol. The van der Waals surface area contributed by atoms with Gasteiger partial charge in [0.25, 0.3) is 0 Å². The van der Waals surface area contributed by atoms with E-state index in [1.165, 1.54) is 23.1 Å². The van der Waals surface area contributed by atoms with Gasteiger partial charge in [0.05, 0.1) is 11.9 Å². The van der Waals surface area contributed by atoms with E-state index < -0.39 is 21.9 Å². The van der Waals surface area contributed by atoms with Gasteiger partial charge in [0, 0.05) is 37.0 Å². The van der Waals surface area contributed by atoms with E-state index in [-0.39, 0.29) is 55.9 Å². The summed E-state index contributed by atoms with van der Waals surface area (Å²) < 4.78 is 40.4. The lowest BCUT2D eigenvalue weighted by molar-refractivity contribution is -0.141. The van der Waals surface area contributed by atoms with Crippen molar-refractivity contribution in [3.8, 4) is 0 Å². The summed E-state index contributed by atoms with van der Waals surface area (Å²) in [5, 5.41) is 3.48. The Morgan fingerprint density at radius 2 is 1.61 bits per heavy atom. The molecule has 0 aliphatic rings. The molecule has 10 heteroatoms. The maximum atomic E-state index is 14.5. The molecule has 0 bridgehead atoms. The van der Waals surface area contributed by atoms with Gasteiger partial charge in [-0.15, -0.1) is 0 Å². The molecule has 0 spiro atoms. The van der Waals surface area contributed by atoms with Crippen molar-refractivity contribution in [3.63, 3.8) is 0 Å². The Kier molecular flexibility index (Phi) is 11.7. The second kappa shape index (κ2) is 15.0. The number of hydrogen-bond donors (Lipinski definition) is 1. The zero-order valence-electron chi connectivity index (χ0n) is 23.6. The van der Waals surface area contributed by atoms with Crippen molar-refractivity contribution in [2.24, 2.45) is 0 Å². The Bertz CT molecular complexity index is 1420. The van der Waals surface area contributed by atoms with Crippen LogP contribution in [0.15, 0.2) is 78.9 Å². The number of para-hydroxylation sites is 1. The van der Waals surface area contributed by atoms with Gasteiger partial charge in [0.15, 0.2) is 0 Å². The lowest BCUT2D eigenvalue weighted by Crippen LogP contribution is -2.52. The molecule has 0 radical (unpaired) electrons. The molecule has 3 aromatic carbocycles. The van der Waals surface area contributed by atoms with Gasteiger partial charge in [-0.25, -0.2) is 12.8 Å². The van der Waals surface area contributed by atoms with E-state index in [4.69, 9.17) is 11.6 Å². The van der Waals surface area contributed by atoms with E-state index in [0.717, 1.165) is 22.5 Å². The molecule has 7 nitrogen and oxygen atoms in total. The Morgan fingerprint density at radius 3 is 2.24 bits per heavy atom. The number of benzene rings is 3. The number of hydrogen-bond acceptors (Lipinski definition) is 4. The van der Waals surface area contributed by atoms with Crippen molar-refractivity contribution < 1.29 is 22.4 Å². The summed E-state index contributed by atoms with van der Waals surface area (Å²) in [5.41, 5.74) is 1.49. The molecule has 2 atom stereocenters. The Labute approximate surface area is 247 Å². The van der Waals surface area contributed by atoms with E-state index in [2.05, 4.69) is 5.32 Å². The van der Waals surface area contributed by atoms with Gasteiger partial charge < -0.3 is 10.2 Å². The van der Waals surface area contributed by atoms with Crippen LogP contribution >= 0.6 is 11.6 Å². The van der Waals surface area contributed by atoms with Crippen LogP contribution in [0, 0.1) is 5.82 Å². The van der Waals surface area contributed by atoms with Crippen molar-refractivity contribution in [2.45, 2.75) is 58.2 Å². The lowest BCUT2D eigenvalue weighted by Gasteiger charge is -2.33. The van der Waals surface area contributed by atoms with Crippen LogP contribution < -0.4 is 9.62 Å². The van der Waals surface area contributed by atoms with Gasteiger partial charge in [-0.3, -0.25) is 13.9 Å². The van der Waals surface area contributed by atoms with Crippen molar-refractivity contribution in [2.75, 3.05) is 17.1 Å². The minimum atomic E-state index is -3.81. The number of nitrogens with zero attached hydrogens (tertiary/aromatic N) is 2. The van der Waals surface area contributed by atoms with Crippen LogP contribution in [0.5, 0.6) is 0 Å². The highest BCUT2D eigenvalue weighted by atomic mass is 35.5. The summed E-state index contributed by atoms with van der Waals surface area (Å²) in [7, 11) is -3.81. The van der Waals surface area contributed by atoms with Crippen LogP contribution in [0.2, 0.25) is 5.02 Å². The van der Waals surface area contributed by atoms with Crippen LogP contribution in [-0.2, 0) is 32.6 Å². The number of halogens is 2. The molecule has 2 amide bonds. The first kappa shape index (κ1) is 32.1. The fourth-order valence-corrected chi connectivity index (χ4v) is 5.60. The zero-order chi connectivity index (χ0) is 30.0. The number of sulfonamides is 1. The molecule has 1 N–H and O–H groups in total. The van der Waals surface area contributed by atoms with E-state index in [9.17, 15) is 22.4 Å². The molecule has 0 heterocycles. The first-order valence-electron chi connectivity index (χ1n) is 13.6. The van der Waals surface area contributed by atoms with E-state index >= 15 is 0 Å². The van der Waals surface area contributed by atoms with Crippen molar-refractivity contribution in [1.82, 2.24) is 10.2 Å². The predicted octanol–water partition coefficient (Wildman–Crippen LogP) is 5.58. The fraction of sp³-hybridized carbons (Fsp3) is 0.355. The van der Waals surface area contributed by atoms with Crippen LogP contribution in [0.4, 0.5) is 10.1 Å². The molecule has 0 fully saturated rings. The summed E-state index contributed by atoms with van der Waals surface area (Å²) >= 11 is 6.46. The Balaban J connectivity index is 1.91. The Morgan fingerprint density at radius 1 is 0.976 bits per heavy atom. The third-order valence-electron chi connectivity index (χ3n) is 6.84. The number of anilines is 1. The molecule has 0 saturated heterocycles. The molecule has 0 aliphatic heterocycles. The smallest absolute Gasteiger partial charge is 0.243 e. The van der Waals surface area contributed by atoms with Gasteiger partial charge in [-0.05, 0) is 49.1 Å². The highest BCUT2D eigenvalue weighted by Crippen LogP contribution is 2.24. The van der Waals surface area contributed by atoms with Crippen LogP contribution in [0.1, 0.15) is 44.2 Å². The topological polar surface area (TPSA) is 86.8 Å². The number of amides is 2. The largest absolute Gasteiger partial charge is 0.352 e. The molecule has 220 valence electrons. The Hall–Kier alpha value is -3.43. The monoisotopic (exact) mass is 601 g/mol. The molecular formula is C31H37ClFN3O4S. The fourth-order valence-electron chi connectivity index (χ4n) is 4.44. The molecule has 3 rings (SSSR count). The maximum Gasteiger partial charge on any atom is 0.243 e. The molecule has 41 heavy (non-hydrogen) atoms. The highest BCUT2D eigenvalue weighted by Gasteiger charge is 2.31. The van der Waals surface area contributed by atoms with Crippen LogP contribution in [0.3, 0.4) is 0 Å². The van der Waals surface area contributed by atoms with E-state index in [0.29, 0.717) is 10.6 Å². The van der Waals surface area contributed by atoms with E-state index in [1.807, 2.05) is 50.2 Å². The molecule has 0 saturated carbocycles. The number of carbonyl (C=O) groups is 2. The minimum absolute atomic E-state index is 0.0627. The van der Waals surface area contributed by atoms with Gasteiger partial charge in [0.2, 0.25) is 21.8 Å². The minimum Gasteiger partial charge on any atom is -0.352 e. The second-order valence-electron chi connectivity index (χ2n) is 10.0. The molecule has 0 aromatic heterocycles. The lowest BCUT2D eigenvalue weighted by atomic mass is 10.0. The van der Waals surface area contributed by atoms with Gasteiger partial charge in [-0.1, -0.05) is 79.2 Å². The summed E-state index contributed by atoms with van der Waals surface area (Å²) in [6.07, 6.45) is 2.06. The summed E-state index contributed by atoms with van der Waals surface area (Å²) in [6.45, 7) is 3.86. The SMILES string of the molecule is CC[C@@H](C)NC(=O)[C@H](Cc1ccccc1)N(Cc1ccccc1Cl)C(=O)CCCN(c1ccccc1F)S(C)(=O)=O. The number of rotatable bonds is 14. The molecule has 3 aromatic rings. The zero-order valence-corrected chi connectivity index (χ0v) is 25.2. The number of nitrogens with one attached hydrogen (secondary N) is 1.